The first-order valence-electron chi connectivity index (χ1n) is 8.63. The van der Waals surface area contributed by atoms with Crippen LogP contribution in [0.3, 0.4) is 0 Å². The van der Waals surface area contributed by atoms with E-state index < -0.39 is 5.91 Å². The lowest BCUT2D eigenvalue weighted by Crippen LogP contribution is -2.24. The summed E-state index contributed by atoms with van der Waals surface area (Å²) in [5.74, 6) is 0.134. The van der Waals surface area contributed by atoms with Crippen LogP contribution in [0.2, 0.25) is 0 Å². The first-order valence-corrected chi connectivity index (χ1v) is 8.63. The third-order valence-corrected chi connectivity index (χ3v) is 4.69. The zero-order valence-electron chi connectivity index (χ0n) is 14.5. The van der Waals surface area contributed by atoms with E-state index in [1.807, 2.05) is 36.4 Å². The van der Waals surface area contributed by atoms with Gasteiger partial charge in [-0.3, -0.25) is 14.7 Å². The molecular weight excluding hydrogens is 328 g/mol. The minimum Gasteiger partial charge on any atom is -0.371 e. The van der Waals surface area contributed by atoms with Crippen LogP contribution >= 0.6 is 0 Å². The standard InChI is InChI=1S/C20H22N4O2/c21-9-15-2-1-3-16(8-15)10-24-11-18(13-26-14-20(22)25)19(12-24)17-4-6-23-7-5-17/h1-8,18-19H,10-14H2,(H2,22,25)/t18-,19-/m0/s1. The Morgan fingerprint density at radius 2 is 2.12 bits per heavy atom. The van der Waals surface area contributed by atoms with Crippen molar-refractivity contribution in [1.29, 1.82) is 5.26 Å². The molecule has 134 valence electrons. The molecule has 6 nitrogen and oxygen atoms in total. The van der Waals surface area contributed by atoms with Crippen molar-refractivity contribution in [3.05, 3.63) is 65.5 Å². The number of ether oxygens (including phenoxy) is 1. The minimum atomic E-state index is -0.450. The van der Waals surface area contributed by atoms with Gasteiger partial charge in [0.25, 0.3) is 0 Å². The van der Waals surface area contributed by atoms with Gasteiger partial charge < -0.3 is 10.5 Å². The van der Waals surface area contributed by atoms with Gasteiger partial charge in [0.2, 0.25) is 5.91 Å². The van der Waals surface area contributed by atoms with E-state index in [-0.39, 0.29) is 12.5 Å². The van der Waals surface area contributed by atoms with Crippen LogP contribution in [0, 0.1) is 17.2 Å². The quantitative estimate of drug-likeness (QED) is 0.820. The van der Waals surface area contributed by atoms with Crippen molar-refractivity contribution in [1.82, 2.24) is 9.88 Å². The summed E-state index contributed by atoms with van der Waals surface area (Å²) in [4.78, 5) is 17.4. The molecule has 1 aliphatic rings. The van der Waals surface area contributed by atoms with E-state index in [9.17, 15) is 4.79 Å². The number of nitrogens with two attached hydrogens (primary N) is 1. The highest BCUT2D eigenvalue weighted by molar-refractivity contribution is 5.74. The summed E-state index contributed by atoms with van der Waals surface area (Å²) in [5.41, 5.74) is 8.19. The largest absolute Gasteiger partial charge is 0.371 e. The molecule has 1 aromatic heterocycles. The van der Waals surface area contributed by atoms with Crippen LogP contribution in [0.1, 0.15) is 22.6 Å². The van der Waals surface area contributed by atoms with Crippen molar-refractivity contribution < 1.29 is 9.53 Å². The Balaban J connectivity index is 1.70. The van der Waals surface area contributed by atoms with E-state index >= 15 is 0 Å². The monoisotopic (exact) mass is 350 g/mol. The van der Waals surface area contributed by atoms with Gasteiger partial charge in [0, 0.05) is 43.9 Å². The lowest BCUT2D eigenvalue weighted by atomic mass is 9.90. The molecule has 1 saturated heterocycles. The Labute approximate surface area is 153 Å². The van der Waals surface area contributed by atoms with Crippen LogP contribution in [0.15, 0.2) is 48.8 Å². The fourth-order valence-corrected chi connectivity index (χ4v) is 3.56. The van der Waals surface area contributed by atoms with Crippen LogP contribution < -0.4 is 5.73 Å². The third kappa shape index (κ3) is 4.66. The molecule has 0 bridgehead atoms. The molecule has 0 radical (unpaired) electrons. The Morgan fingerprint density at radius 1 is 1.31 bits per heavy atom. The van der Waals surface area contributed by atoms with Gasteiger partial charge >= 0.3 is 0 Å². The van der Waals surface area contributed by atoms with Gasteiger partial charge in [-0.05, 0) is 35.4 Å². The van der Waals surface area contributed by atoms with Crippen LogP contribution in [-0.2, 0) is 16.1 Å². The van der Waals surface area contributed by atoms with Gasteiger partial charge in [-0.15, -0.1) is 0 Å². The average Bonchev–Trinajstić information content (AvgIpc) is 3.05. The van der Waals surface area contributed by atoms with E-state index in [4.69, 9.17) is 15.7 Å². The van der Waals surface area contributed by atoms with Crippen molar-refractivity contribution in [3.8, 4) is 6.07 Å². The van der Waals surface area contributed by atoms with Gasteiger partial charge in [-0.25, -0.2) is 0 Å². The van der Waals surface area contributed by atoms with Crippen molar-refractivity contribution >= 4 is 5.91 Å². The van der Waals surface area contributed by atoms with Gasteiger partial charge in [0.05, 0.1) is 18.2 Å². The molecular formula is C20H22N4O2. The second-order valence-corrected chi connectivity index (χ2v) is 6.63. The maximum absolute atomic E-state index is 10.9. The Kier molecular flexibility index (Phi) is 5.95. The number of rotatable bonds is 7. The summed E-state index contributed by atoms with van der Waals surface area (Å²) in [6.45, 7) is 2.98. The molecule has 2 N–H and O–H groups in total. The number of nitriles is 1. The lowest BCUT2D eigenvalue weighted by Gasteiger charge is -2.18. The number of hydrogen-bond acceptors (Lipinski definition) is 5. The average molecular weight is 350 g/mol. The number of amides is 1. The van der Waals surface area contributed by atoms with E-state index in [2.05, 4.69) is 16.0 Å². The highest BCUT2D eigenvalue weighted by Gasteiger charge is 2.34. The molecule has 0 saturated carbocycles. The molecule has 6 heteroatoms. The summed E-state index contributed by atoms with van der Waals surface area (Å²) in [6.07, 6.45) is 3.60. The predicted molar refractivity (Wildman–Crippen MR) is 96.9 cm³/mol. The number of primary amides is 1. The number of aromatic nitrogens is 1. The molecule has 3 rings (SSSR count). The second kappa shape index (κ2) is 8.56. The van der Waals surface area contributed by atoms with Crippen LogP contribution in [-0.4, -0.2) is 42.1 Å². The SMILES string of the molecule is N#Cc1cccc(CN2C[C@@H](COCC(N)=O)[C@H](c3ccncc3)C2)c1. The summed E-state index contributed by atoms with van der Waals surface area (Å²) in [7, 11) is 0. The molecule has 2 heterocycles. The fraction of sp³-hybridized carbons (Fsp3) is 0.350. The van der Waals surface area contributed by atoms with E-state index in [1.165, 1.54) is 5.56 Å². The zero-order valence-corrected chi connectivity index (χ0v) is 14.5. The molecule has 26 heavy (non-hydrogen) atoms. The van der Waals surface area contributed by atoms with Crippen LogP contribution in [0.25, 0.3) is 0 Å². The van der Waals surface area contributed by atoms with Crippen LogP contribution in [0.5, 0.6) is 0 Å². The topological polar surface area (TPSA) is 92.2 Å². The minimum absolute atomic E-state index is 0.0518. The summed E-state index contributed by atoms with van der Waals surface area (Å²) < 4.78 is 5.51. The highest BCUT2D eigenvalue weighted by Crippen LogP contribution is 2.33. The fourth-order valence-electron chi connectivity index (χ4n) is 3.56. The number of likely N-dealkylation sites (tertiary alicyclic amines) is 1. The molecule has 1 aromatic carbocycles. The molecule has 0 spiro atoms. The number of pyridine rings is 1. The van der Waals surface area contributed by atoms with E-state index in [1.54, 1.807) is 12.4 Å². The smallest absolute Gasteiger partial charge is 0.243 e. The number of benzene rings is 1. The van der Waals surface area contributed by atoms with E-state index in [0.29, 0.717) is 18.1 Å². The number of hydrogen-bond donors (Lipinski definition) is 1. The lowest BCUT2D eigenvalue weighted by molar-refractivity contribution is -0.122. The molecule has 1 aliphatic heterocycles. The third-order valence-electron chi connectivity index (χ3n) is 4.69. The van der Waals surface area contributed by atoms with Gasteiger partial charge in [0.1, 0.15) is 6.61 Å². The van der Waals surface area contributed by atoms with E-state index in [0.717, 1.165) is 25.2 Å². The van der Waals surface area contributed by atoms with Crippen molar-refractivity contribution in [2.75, 3.05) is 26.3 Å². The first kappa shape index (κ1) is 18.1. The summed E-state index contributed by atoms with van der Waals surface area (Å²) in [5, 5.41) is 9.07. The van der Waals surface area contributed by atoms with Gasteiger partial charge in [-0.1, -0.05) is 12.1 Å². The number of nitrogens with zero attached hydrogens (tertiary/aromatic N) is 3. The maximum Gasteiger partial charge on any atom is 0.243 e. The maximum atomic E-state index is 10.9. The van der Waals surface area contributed by atoms with Crippen LogP contribution in [0.4, 0.5) is 0 Å². The molecule has 1 fully saturated rings. The first-order chi connectivity index (χ1) is 12.7. The summed E-state index contributed by atoms with van der Waals surface area (Å²) >= 11 is 0. The zero-order chi connectivity index (χ0) is 18.4. The molecule has 2 aromatic rings. The Hall–Kier alpha value is -2.75. The Morgan fingerprint density at radius 3 is 2.85 bits per heavy atom. The predicted octanol–water partition coefficient (Wildman–Crippen LogP) is 1.67. The van der Waals surface area contributed by atoms with Gasteiger partial charge in [0.15, 0.2) is 0 Å². The molecule has 0 aliphatic carbocycles. The molecule has 1 amide bonds. The Bertz CT molecular complexity index is 788. The van der Waals surface area contributed by atoms with Crippen molar-refractivity contribution in [3.63, 3.8) is 0 Å². The molecule has 2 atom stereocenters. The van der Waals surface area contributed by atoms with Gasteiger partial charge in [-0.2, -0.15) is 5.26 Å². The molecule has 0 unspecified atom stereocenters. The number of carbonyl (C=O) groups is 1. The highest BCUT2D eigenvalue weighted by atomic mass is 16.5. The number of carbonyl (C=O) groups excluding carboxylic acids is 1. The van der Waals surface area contributed by atoms with Crippen molar-refractivity contribution in [2.24, 2.45) is 11.7 Å². The summed E-state index contributed by atoms with van der Waals surface area (Å²) in [6, 6.07) is 13.9. The normalized spacial score (nSPS) is 20.0. The van der Waals surface area contributed by atoms with Crippen molar-refractivity contribution in [2.45, 2.75) is 12.5 Å². The second-order valence-electron chi connectivity index (χ2n) is 6.63.